The van der Waals surface area contributed by atoms with Gasteiger partial charge in [-0.3, -0.25) is 9.78 Å². The van der Waals surface area contributed by atoms with E-state index in [2.05, 4.69) is 58.4 Å². The van der Waals surface area contributed by atoms with Gasteiger partial charge in [-0.15, -0.1) is 0 Å². The van der Waals surface area contributed by atoms with Crippen molar-refractivity contribution in [1.29, 1.82) is 0 Å². The number of nitrogens with two attached hydrogens (primary N) is 1. The molecule has 1 fully saturated rings. The largest absolute Gasteiger partial charge is 0.388 e. The summed E-state index contributed by atoms with van der Waals surface area (Å²) in [6.07, 6.45) is 3.45. The summed E-state index contributed by atoms with van der Waals surface area (Å²) in [6, 6.07) is 30.6. The molecule has 1 saturated carbocycles. The third kappa shape index (κ3) is 3.69. The summed E-state index contributed by atoms with van der Waals surface area (Å²) in [5.74, 6) is -0.504. The Bertz CT molecular complexity index is 1880. The van der Waals surface area contributed by atoms with Crippen LogP contribution in [0.1, 0.15) is 23.2 Å². The van der Waals surface area contributed by atoms with Gasteiger partial charge in [-0.25, -0.2) is 0 Å². The molecule has 2 heterocycles. The van der Waals surface area contributed by atoms with Crippen molar-refractivity contribution in [2.75, 3.05) is 11.9 Å². The molecule has 0 saturated heterocycles. The molecule has 0 aliphatic heterocycles. The first-order valence-corrected chi connectivity index (χ1v) is 12.8. The third-order valence-corrected chi connectivity index (χ3v) is 7.56. The summed E-state index contributed by atoms with van der Waals surface area (Å²) < 4.78 is 2.21. The first-order chi connectivity index (χ1) is 18.5. The standard InChI is InChI=1S/C32H26N4O2/c33-31(37)24-13-12-22(17-27(24)35-19-32(38)14-15-32)36-28-10-4-2-7-25(28)30-23(8-5-11-29(30)36)21-16-20-6-1-3-9-26(20)34-18-21/h1-13,16-18,35,38H,14-15,19H2,(H2,33,37). The maximum atomic E-state index is 12.2. The van der Waals surface area contributed by atoms with Crippen LogP contribution in [-0.2, 0) is 0 Å². The number of carbonyl (C=O) groups is 1. The predicted molar refractivity (Wildman–Crippen MR) is 153 cm³/mol. The van der Waals surface area contributed by atoms with Crippen molar-refractivity contribution in [3.05, 3.63) is 103 Å². The van der Waals surface area contributed by atoms with Crippen molar-refractivity contribution in [2.45, 2.75) is 18.4 Å². The number of para-hydroxylation sites is 2. The van der Waals surface area contributed by atoms with E-state index in [-0.39, 0.29) is 0 Å². The van der Waals surface area contributed by atoms with Crippen molar-refractivity contribution in [1.82, 2.24) is 9.55 Å². The molecular formula is C32H26N4O2. The third-order valence-electron chi connectivity index (χ3n) is 7.56. The molecule has 7 rings (SSSR count). The average Bonchev–Trinajstić information content (AvgIpc) is 3.59. The second-order valence-electron chi connectivity index (χ2n) is 10.1. The number of pyridine rings is 1. The Morgan fingerprint density at radius 1 is 0.947 bits per heavy atom. The van der Waals surface area contributed by atoms with Crippen molar-refractivity contribution >= 4 is 44.3 Å². The Kier molecular flexibility index (Phi) is 5.00. The first kappa shape index (κ1) is 22.5. The molecule has 6 nitrogen and oxygen atoms in total. The van der Waals surface area contributed by atoms with Crippen LogP contribution >= 0.6 is 0 Å². The number of carbonyl (C=O) groups excluding carboxylic acids is 1. The quantitative estimate of drug-likeness (QED) is 0.261. The Morgan fingerprint density at radius 3 is 2.58 bits per heavy atom. The molecule has 1 aliphatic rings. The highest BCUT2D eigenvalue weighted by atomic mass is 16.3. The van der Waals surface area contributed by atoms with E-state index in [1.807, 2.05) is 42.6 Å². The molecule has 0 atom stereocenters. The smallest absolute Gasteiger partial charge is 0.250 e. The maximum absolute atomic E-state index is 12.2. The molecule has 0 bridgehead atoms. The SMILES string of the molecule is NC(=O)c1ccc(-n2c3ccccc3c3c(-c4cnc5ccccc5c4)cccc32)cc1NCC1(O)CC1. The van der Waals surface area contributed by atoms with Gasteiger partial charge in [0.15, 0.2) is 0 Å². The number of primary amides is 1. The van der Waals surface area contributed by atoms with Gasteiger partial charge in [0, 0.05) is 45.8 Å². The highest BCUT2D eigenvalue weighted by molar-refractivity contribution is 6.16. The van der Waals surface area contributed by atoms with Crippen LogP contribution < -0.4 is 11.1 Å². The number of fused-ring (bicyclic) bond motifs is 4. The van der Waals surface area contributed by atoms with Crippen molar-refractivity contribution in [3.63, 3.8) is 0 Å². The number of anilines is 1. The van der Waals surface area contributed by atoms with E-state index in [4.69, 9.17) is 10.7 Å². The fourth-order valence-electron chi connectivity index (χ4n) is 5.37. The monoisotopic (exact) mass is 498 g/mol. The van der Waals surface area contributed by atoms with E-state index < -0.39 is 11.5 Å². The van der Waals surface area contributed by atoms with E-state index in [0.717, 1.165) is 62.4 Å². The van der Waals surface area contributed by atoms with Crippen LogP contribution in [0.5, 0.6) is 0 Å². The molecule has 4 aromatic carbocycles. The summed E-state index contributed by atoms with van der Waals surface area (Å²) in [4.78, 5) is 16.9. The van der Waals surface area contributed by atoms with E-state index in [1.54, 1.807) is 6.07 Å². The molecule has 0 radical (unpaired) electrons. The van der Waals surface area contributed by atoms with Crippen molar-refractivity contribution < 1.29 is 9.90 Å². The van der Waals surface area contributed by atoms with Crippen molar-refractivity contribution in [2.24, 2.45) is 5.73 Å². The Morgan fingerprint density at radius 2 is 1.74 bits per heavy atom. The van der Waals surface area contributed by atoms with E-state index >= 15 is 0 Å². The van der Waals surface area contributed by atoms with Gasteiger partial charge in [0.05, 0.1) is 27.7 Å². The number of aliphatic hydroxyl groups is 1. The predicted octanol–water partition coefficient (Wildman–Crippen LogP) is 6.03. The first-order valence-electron chi connectivity index (χ1n) is 12.8. The number of nitrogens with one attached hydrogen (secondary N) is 1. The lowest BCUT2D eigenvalue weighted by Gasteiger charge is -2.16. The Hall–Kier alpha value is -4.68. The Labute approximate surface area is 219 Å². The molecule has 6 heteroatoms. The summed E-state index contributed by atoms with van der Waals surface area (Å²) >= 11 is 0. The van der Waals surface area contributed by atoms with Crippen LogP contribution in [0, 0.1) is 0 Å². The Balaban J connectivity index is 1.45. The van der Waals surface area contributed by atoms with Crippen LogP contribution in [0.3, 0.4) is 0 Å². The zero-order valence-electron chi connectivity index (χ0n) is 20.7. The normalized spacial score (nSPS) is 14.2. The number of benzene rings is 4. The highest BCUT2D eigenvalue weighted by Crippen LogP contribution is 2.40. The van der Waals surface area contributed by atoms with Gasteiger partial charge in [0.1, 0.15) is 0 Å². The summed E-state index contributed by atoms with van der Waals surface area (Å²) in [5.41, 5.74) is 12.2. The minimum Gasteiger partial charge on any atom is -0.388 e. The minimum absolute atomic E-state index is 0.378. The van der Waals surface area contributed by atoms with Gasteiger partial charge in [-0.2, -0.15) is 0 Å². The van der Waals surface area contributed by atoms with Gasteiger partial charge in [-0.1, -0.05) is 48.5 Å². The average molecular weight is 499 g/mol. The maximum Gasteiger partial charge on any atom is 0.250 e. The molecule has 1 aliphatic carbocycles. The number of hydrogen-bond donors (Lipinski definition) is 3. The van der Waals surface area contributed by atoms with Crippen LogP contribution in [0.4, 0.5) is 5.69 Å². The zero-order chi connectivity index (χ0) is 25.9. The summed E-state index contributed by atoms with van der Waals surface area (Å²) in [7, 11) is 0. The van der Waals surface area contributed by atoms with E-state index in [9.17, 15) is 9.90 Å². The molecule has 0 unspecified atom stereocenters. The molecule has 0 spiro atoms. The number of aromatic nitrogens is 2. The van der Waals surface area contributed by atoms with Crippen LogP contribution in [0.15, 0.2) is 97.2 Å². The molecule has 38 heavy (non-hydrogen) atoms. The fourth-order valence-corrected chi connectivity index (χ4v) is 5.37. The molecule has 6 aromatic rings. The number of rotatable bonds is 6. The molecule has 1 amide bonds. The second-order valence-corrected chi connectivity index (χ2v) is 10.1. The lowest BCUT2D eigenvalue weighted by atomic mass is 9.99. The van der Waals surface area contributed by atoms with Gasteiger partial charge >= 0.3 is 0 Å². The summed E-state index contributed by atoms with van der Waals surface area (Å²) in [6.45, 7) is 0.378. The van der Waals surface area contributed by atoms with E-state index in [0.29, 0.717) is 17.8 Å². The van der Waals surface area contributed by atoms with Crippen molar-refractivity contribution in [3.8, 4) is 16.8 Å². The summed E-state index contributed by atoms with van der Waals surface area (Å²) in [5, 5.41) is 17.0. The minimum atomic E-state index is -0.708. The number of hydrogen-bond acceptors (Lipinski definition) is 4. The van der Waals surface area contributed by atoms with Gasteiger partial charge < -0.3 is 20.7 Å². The number of nitrogens with zero attached hydrogens (tertiary/aromatic N) is 2. The lowest BCUT2D eigenvalue weighted by molar-refractivity contribution is 0.100. The molecule has 4 N–H and O–H groups in total. The highest BCUT2D eigenvalue weighted by Gasteiger charge is 2.40. The van der Waals surface area contributed by atoms with Gasteiger partial charge in [-0.05, 0) is 60.9 Å². The molecule has 186 valence electrons. The van der Waals surface area contributed by atoms with Crippen LogP contribution in [-0.4, -0.2) is 32.7 Å². The van der Waals surface area contributed by atoms with Gasteiger partial charge in [0.2, 0.25) is 0 Å². The zero-order valence-corrected chi connectivity index (χ0v) is 20.7. The lowest BCUT2D eigenvalue weighted by Crippen LogP contribution is -2.23. The fraction of sp³-hybridized carbons (Fsp3) is 0.125. The van der Waals surface area contributed by atoms with E-state index in [1.165, 1.54) is 0 Å². The number of amides is 1. The second kappa shape index (κ2) is 8.43. The molecule has 2 aromatic heterocycles. The van der Waals surface area contributed by atoms with Crippen LogP contribution in [0.25, 0.3) is 49.5 Å². The van der Waals surface area contributed by atoms with Crippen LogP contribution in [0.2, 0.25) is 0 Å². The van der Waals surface area contributed by atoms with Gasteiger partial charge in [0.25, 0.3) is 5.91 Å². The molecular weight excluding hydrogens is 472 g/mol. The topological polar surface area (TPSA) is 93.2 Å².